The van der Waals surface area contributed by atoms with Gasteiger partial charge in [-0.15, -0.1) is 0 Å². The van der Waals surface area contributed by atoms with E-state index in [0.29, 0.717) is 23.6 Å². The third-order valence-corrected chi connectivity index (χ3v) is 6.28. The maximum Gasteiger partial charge on any atom is 0.269 e. The number of benzene rings is 4. The minimum Gasteiger partial charge on any atom is -0.496 e. The highest BCUT2D eigenvalue weighted by Gasteiger charge is 2.33. The number of hydrogen-bond donors (Lipinski definition) is 1. The molecule has 0 saturated heterocycles. The van der Waals surface area contributed by atoms with E-state index in [0.717, 1.165) is 22.4 Å². The topological polar surface area (TPSA) is 93.9 Å². The van der Waals surface area contributed by atoms with Crippen LogP contribution in [-0.4, -0.2) is 22.8 Å². The van der Waals surface area contributed by atoms with Gasteiger partial charge in [-0.25, -0.2) is 0 Å². The summed E-state index contributed by atoms with van der Waals surface area (Å²) in [6, 6.07) is 29.1. The van der Waals surface area contributed by atoms with Crippen molar-refractivity contribution in [1.82, 2.24) is 4.90 Å². The molecule has 0 radical (unpaired) electrons. The van der Waals surface area contributed by atoms with E-state index < -0.39 is 11.1 Å². The number of nitrogens with zero attached hydrogens (tertiary/aromatic N) is 2. The summed E-state index contributed by atoms with van der Waals surface area (Å²) in [5.41, 5.74) is 4.09. The van der Waals surface area contributed by atoms with Crippen LogP contribution in [0.4, 0.5) is 11.4 Å². The van der Waals surface area contributed by atoms with Crippen molar-refractivity contribution in [2.24, 2.45) is 0 Å². The van der Waals surface area contributed by atoms with E-state index in [4.69, 9.17) is 9.47 Å². The number of carbonyl (C=O) groups is 1. The highest BCUT2D eigenvalue weighted by molar-refractivity contribution is 6.01. The number of nitro benzene ring substituents is 1. The third kappa shape index (κ3) is 5.08. The monoisotopic (exact) mass is 495 g/mol. The van der Waals surface area contributed by atoms with E-state index in [2.05, 4.69) is 5.32 Å². The van der Waals surface area contributed by atoms with Crippen LogP contribution in [0.5, 0.6) is 11.5 Å². The first kappa shape index (κ1) is 23.9. The lowest BCUT2D eigenvalue weighted by molar-refractivity contribution is -0.384. The number of carbonyl (C=O) groups excluding carboxylic acids is 1. The Morgan fingerprint density at radius 2 is 1.68 bits per heavy atom. The second-order valence-electron chi connectivity index (χ2n) is 8.62. The number of non-ortho nitro benzene ring substituents is 1. The van der Waals surface area contributed by atoms with Gasteiger partial charge in [0.25, 0.3) is 11.6 Å². The van der Waals surface area contributed by atoms with Crippen LogP contribution in [0.2, 0.25) is 0 Å². The van der Waals surface area contributed by atoms with Crippen LogP contribution in [0.3, 0.4) is 0 Å². The number of amides is 1. The van der Waals surface area contributed by atoms with Crippen molar-refractivity contribution in [3.05, 3.63) is 129 Å². The van der Waals surface area contributed by atoms with Gasteiger partial charge in [-0.2, -0.15) is 0 Å². The molecule has 0 saturated carbocycles. The quantitative estimate of drug-likeness (QED) is 0.240. The van der Waals surface area contributed by atoms with Gasteiger partial charge in [0, 0.05) is 29.9 Å². The van der Waals surface area contributed by atoms with Gasteiger partial charge in [0.05, 0.1) is 17.6 Å². The summed E-state index contributed by atoms with van der Waals surface area (Å²) in [7, 11) is 1.59. The molecule has 1 atom stereocenters. The fourth-order valence-corrected chi connectivity index (χ4v) is 4.41. The van der Waals surface area contributed by atoms with E-state index in [1.54, 1.807) is 19.2 Å². The average Bonchev–Trinajstić information content (AvgIpc) is 2.94. The lowest BCUT2D eigenvalue weighted by Crippen LogP contribution is -2.42. The Morgan fingerprint density at radius 1 is 0.946 bits per heavy atom. The van der Waals surface area contributed by atoms with Crippen molar-refractivity contribution in [1.29, 1.82) is 0 Å². The Labute approximate surface area is 214 Å². The normalized spacial score (nSPS) is 14.5. The smallest absolute Gasteiger partial charge is 0.269 e. The first-order chi connectivity index (χ1) is 18.0. The second kappa shape index (κ2) is 10.4. The minimum atomic E-state index is -0.450. The molecule has 1 N–H and O–H groups in total. The van der Waals surface area contributed by atoms with Crippen LogP contribution >= 0.6 is 0 Å². The summed E-state index contributed by atoms with van der Waals surface area (Å²) in [6.07, 6.45) is -0.411. The van der Waals surface area contributed by atoms with Crippen molar-refractivity contribution in [3.8, 4) is 11.5 Å². The van der Waals surface area contributed by atoms with Crippen molar-refractivity contribution in [2.45, 2.75) is 19.3 Å². The van der Waals surface area contributed by atoms with Gasteiger partial charge >= 0.3 is 0 Å². The minimum absolute atomic E-state index is 0.00115. The lowest BCUT2D eigenvalue weighted by Gasteiger charge is -2.38. The molecule has 0 fully saturated rings. The third-order valence-electron chi connectivity index (χ3n) is 6.28. The molecule has 1 aliphatic rings. The summed E-state index contributed by atoms with van der Waals surface area (Å²) in [5.74, 6) is 1.09. The Kier molecular flexibility index (Phi) is 6.72. The number of nitro groups is 1. The molecule has 0 aliphatic carbocycles. The molecule has 4 aromatic rings. The molecular formula is C29H25N3O5. The predicted octanol–water partition coefficient (Wildman–Crippen LogP) is 5.95. The summed E-state index contributed by atoms with van der Waals surface area (Å²) >= 11 is 0. The van der Waals surface area contributed by atoms with Gasteiger partial charge < -0.3 is 19.7 Å². The summed E-state index contributed by atoms with van der Waals surface area (Å²) in [5, 5.41) is 14.4. The maximum atomic E-state index is 13.6. The zero-order chi connectivity index (χ0) is 25.8. The van der Waals surface area contributed by atoms with Crippen molar-refractivity contribution in [2.75, 3.05) is 12.4 Å². The van der Waals surface area contributed by atoms with Gasteiger partial charge in [-0.1, -0.05) is 48.5 Å². The highest BCUT2D eigenvalue weighted by Crippen LogP contribution is 2.36. The number of nitrogens with one attached hydrogen (secondary N) is 1. The molecule has 186 valence electrons. The number of fused-ring (bicyclic) bond motifs is 1. The first-order valence-electron chi connectivity index (χ1n) is 11.8. The molecule has 8 heteroatoms. The van der Waals surface area contributed by atoms with Crippen LogP contribution < -0.4 is 14.8 Å². The van der Waals surface area contributed by atoms with Crippen molar-refractivity contribution < 1.29 is 19.2 Å². The molecular weight excluding hydrogens is 470 g/mol. The predicted molar refractivity (Wildman–Crippen MR) is 140 cm³/mol. The Bertz CT molecular complexity index is 1420. The van der Waals surface area contributed by atoms with Gasteiger partial charge in [-0.3, -0.25) is 14.9 Å². The van der Waals surface area contributed by atoms with Crippen LogP contribution in [0, 0.1) is 10.1 Å². The number of rotatable bonds is 8. The van der Waals surface area contributed by atoms with E-state index in [1.165, 1.54) is 12.1 Å². The molecule has 0 spiro atoms. The summed E-state index contributed by atoms with van der Waals surface area (Å²) in [4.78, 5) is 25.9. The zero-order valence-corrected chi connectivity index (χ0v) is 20.2. The van der Waals surface area contributed by atoms with E-state index in [-0.39, 0.29) is 18.2 Å². The maximum absolute atomic E-state index is 13.6. The van der Waals surface area contributed by atoms with E-state index in [9.17, 15) is 14.9 Å². The molecule has 5 rings (SSSR count). The number of para-hydroxylation sites is 1. The Hall–Kier alpha value is -4.85. The molecule has 0 unspecified atom stereocenters. The summed E-state index contributed by atoms with van der Waals surface area (Å²) < 4.78 is 11.5. The molecule has 0 aromatic heterocycles. The molecule has 0 bridgehead atoms. The average molecular weight is 496 g/mol. The molecule has 1 heterocycles. The SMILES string of the molecule is COc1ccc([C@@H]2Nc3ccccc3C(=O)N2Cc2ccccc2)cc1COc1ccc([N+](=O)[O-])cc1. The lowest BCUT2D eigenvalue weighted by atomic mass is 10.0. The zero-order valence-electron chi connectivity index (χ0n) is 20.2. The van der Waals surface area contributed by atoms with E-state index >= 15 is 0 Å². The van der Waals surface area contributed by atoms with E-state index in [1.807, 2.05) is 77.7 Å². The van der Waals surface area contributed by atoms with Crippen LogP contribution in [0.25, 0.3) is 0 Å². The van der Waals surface area contributed by atoms with Gasteiger partial charge in [0.2, 0.25) is 0 Å². The number of ether oxygens (including phenoxy) is 2. The largest absolute Gasteiger partial charge is 0.496 e. The van der Waals surface area contributed by atoms with Crippen LogP contribution in [-0.2, 0) is 13.2 Å². The highest BCUT2D eigenvalue weighted by atomic mass is 16.6. The Balaban J connectivity index is 1.45. The standard InChI is InChI=1S/C29H25N3O5/c1-36-27-16-11-21(17-22(27)19-37-24-14-12-23(13-15-24)32(34)35)28-30-26-10-6-5-9-25(26)29(33)31(28)18-20-7-3-2-4-8-20/h2-17,28,30H,18-19H2,1H3/t28-/m1/s1. The summed E-state index contributed by atoms with van der Waals surface area (Å²) in [6.45, 7) is 0.622. The van der Waals surface area contributed by atoms with Crippen LogP contribution in [0.1, 0.15) is 33.2 Å². The van der Waals surface area contributed by atoms with Crippen LogP contribution in [0.15, 0.2) is 97.1 Å². The molecule has 8 nitrogen and oxygen atoms in total. The van der Waals surface area contributed by atoms with Crippen molar-refractivity contribution in [3.63, 3.8) is 0 Å². The second-order valence-corrected chi connectivity index (χ2v) is 8.62. The number of hydrogen-bond acceptors (Lipinski definition) is 6. The molecule has 1 aliphatic heterocycles. The van der Waals surface area contributed by atoms with Crippen molar-refractivity contribution >= 4 is 17.3 Å². The van der Waals surface area contributed by atoms with Gasteiger partial charge in [0.1, 0.15) is 24.3 Å². The first-order valence-corrected chi connectivity index (χ1v) is 11.8. The molecule has 4 aromatic carbocycles. The Morgan fingerprint density at radius 3 is 2.41 bits per heavy atom. The number of methoxy groups -OCH3 is 1. The molecule has 1 amide bonds. The van der Waals surface area contributed by atoms with Gasteiger partial charge in [-0.05, 0) is 47.5 Å². The fourth-order valence-electron chi connectivity index (χ4n) is 4.41. The number of anilines is 1. The van der Waals surface area contributed by atoms with Gasteiger partial charge in [0.15, 0.2) is 0 Å². The molecule has 37 heavy (non-hydrogen) atoms. The fraction of sp³-hybridized carbons (Fsp3) is 0.138.